The molecule has 2 fully saturated rings. The number of carboxylic acid groups (broad SMARTS) is 1. The first kappa shape index (κ1) is 18.9. The number of carbonyl (C=O) groups excluding carboxylic acids is 1. The van der Waals surface area contributed by atoms with Crippen LogP contribution < -0.4 is 15.5 Å². The van der Waals surface area contributed by atoms with Crippen LogP contribution in [0.4, 0.5) is 11.5 Å². The molecule has 2 aliphatic rings. The maximum absolute atomic E-state index is 11.9. The summed E-state index contributed by atoms with van der Waals surface area (Å²) in [5.74, 6) is -0.291. The van der Waals surface area contributed by atoms with Gasteiger partial charge in [-0.2, -0.15) is 0 Å². The fourth-order valence-electron chi connectivity index (χ4n) is 3.42. The molecule has 3 heterocycles. The molecular formula is C19H25N5O3. The highest BCUT2D eigenvalue weighted by molar-refractivity contribution is 6.07. The zero-order valence-corrected chi connectivity index (χ0v) is 15.7. The quantitative estimate of drug-likeness (QED) is 0.777. The predicted molar refractivity (Wildman–Crippen MR) is 104 cm³/mol. The lowest BCUT2D eigenvalue weighted by molar-refractivity contribution is -0.132. The molecule has 0 saturated carbocycles. The van der Waals surface area contributed by atoms with E-state index in [4.69, 9.17) is 5.73 Å². The number of carboxylic acids is 1. The average Bonchev–Trinajstić information content (AvgIpc) is 3.07. The van der Waals surface area contributed by atoms with Crippen molar-refractivity contribution in [3.63, 3.8) is 0 Å². The van der Waals surface area contributed by atoms with E-state index in [9.17, 15) is 14.7 Å². The summed E-state index contributed by atoms with van der Waals surface area (Å²) < 4.78 is 0. The Hall–Kier alpha value is -2.90. The van der Waals surface area contributed by atoms with E-state index < -0.39 is 5.97 Å². The van der Waals surface area contributed by atoms with Gasteiger partial charge in [-0.3, -0.25) is 9.79 Å². The molecule has 0 spiro atoms. The monoisotopic (exact) mass is 371 g/mol. The molecule has 144 valence electrons. The number of piperidine rings is 1. The Morgan fingerprint density at radius 3 is 2.63 bits per heavy atom. The summed E-state index contributed by atoms with van der Waals surface area (Å²) in [6.45, 7) is 5.65. The van der Waals surface area contributed by atoms with Gasteiger partial charge >= 0.3 is 5.97 Å². The van der Waals surface area contributed by atoms with Gasteiger partial charge < -0.3 is 20.6 Å². The molecule has 3 N–H and O–H groups in total. The lowest BCUT2D eigenvalue weighted by atomic mass is 9.99. The van der Waals surface area contributed by atoms with Crippen LogP contribution in [-0.4, -0.2) is 53.4 Å². The molecule has 0 aromatic carbocycles. The number of carbonyl (C=O) groups is 2. The molecule has 0 unspecified atom stereocenters. The lowest BCUT2D eigenvalue weighted by Crippen LogP contribution is -2.39. The molecular weight excluding hydrogens is 346 g/mol. The minimum Gasteiger partial charge on any atom is -0.477 e. The lowest BCUT2D eigenvalue weighted by Gasteiger charge is -2.31. The smallest absolute Gasteiger partial charge is 0.352 e. The number of amides is 1. The van der Waals surface area contributed by atoms with Crippen LogP contribution in [0, 0.1) is 0 Å². The van der Waals surface area contributed by atoms with E-state index in [1.807, 2.05) is 30.9 Å². The van der Waals surface area contributed by atoms with Crippen molar-refractivity contribution in [3.05, 3.63) is 29.6 Å². The van der Waals surface area contributed by atoms with Crippen molar-refractivity contribution in [3.8, 4) is 0 Å². The second kappa shape index (κ2) is 7.77. The predicted octanol–water partition coefficient (Wildman–Crippen LogP) is 1.57. The number of hydrogen-bond acceptors (Lipinski definition) is 6. The van der Waals surface area contributed by atoms with E-state index in [1.54, 1.807) is 11.1 Å². The zero-order chi connectivity index (χ0) is 19.6. The molecule has 2 aliphatic heterocycles. The Morgan fingerprint density at radius 1 is 1.30 bits per heavy atom. The summed E-state index contributed by atoms with van der Waals surface area (Å²) in [5, 5.41) is 9.32. The molecule has 3 rings (SSSR count). The van der Waals surface area contributed by atoms with Gasteiger partial charge in [0.1, 0.15) is 11.5 Å². The highest BCUT2D eigenvalue weighted by atomic mass is 16.4. The fraction of sp³-hybridized carbons (Fsp3) is 0.474. The van der Waals surface area contributed by atoms with E-state index >= 15 is 0 Å². The van der Waals surface area contributed by atoms with Crippen LogP contribution in [0.25, 0.3) is 0 Å². The number of rotatable bonds is 4. The van der Waals surface area contributed by atoms with Gasteiger partial charge in [-0.1, -0.05) is 0 Å². The van der Waals surface area contributed by atoms with Crippen molar-refractivity contribution in [1.82, 2.24) is 4.98 Å². The largest absolute Gasteiger partial charge is 0.477 e. The molecule has 0 radical (unpaired) electrons. The van der Waals surface area contributed by atoms with Crippen LogP contribution in [0.5, 0.6) is 0 Å². The van der Waals surface area contributed by atoms with Crippen molar-refractivity contribution in [2.24, 2.45) is 10.7 Å². The fourth-order valence-corrected chi connectivity index (χ4v) is 3.42. The van der Waals surface area contributed by atoms with Crippen molar-refractivity contribution in [2.75, 3.05) is 29.4 Å². The highest BCUT2D eigenvalue weighted by Gasteiger charge is 2.26. The Balaban J connectivity index is 1.83. The van der Waals surface area contributed by atoms with Crippen LogP contribution >= 0.6 is 0 Å². The van der Waals surface area contributed by atoms with Crippen LogP contribution in [0.2, 0.25) is 0 Å². The molecule has 0 bridgehead atoms. The number of nitrogens with zero attached hydrogens (tertiary/aromatic N) is 4. The standard InChI is InChI=1S/C19H25N5O3/c1-12(2)22-15-7-9-23(11-14(15)18(20)19(26)27)16-6-5-13(10-21-16)24-8-3-4-17(24)25/h5-6,10,12H,3-4,7-9,11,20H2,1-2H3,(H,26,27)/b18-14-,22-15?. The normalized spacial score (nSPS) is 21.3. The molecule has 1 aromatic heterocycles. The van der Waals surface area contributed by atoms with Crippen molar-refractivity contribution in [1.29, 1.82) is 0 Å². The topological polar surface area (TPSA) is 112 Å². The van der Waals surface area contributed by atoms with Gasteiger partial charge in [-0.25, -0.2) is 9.78 Å². The van der Waals surface area contributed by atoms with Gasteiger partial charge in [0.25, 0.3) is 0 Å². The Morgan fingerprint density at radius 2 is 2.07 bits per heavy atom. The number of pyridine rings is 1. The minimum absolute atomic E-state index is 0.0681. The first-order chi connectivity index (χ1) is 12.9. The van der Waals surface area contributed by atoms with E-state index in [0.717, 1.165) is 30.2 Å². The molecule has 8 heteroatoms. The average molecular weight is 371 g/mol. The van der Waals surface area contributed by atoms with Crippen LogP contribution in [0.15, 0.2) is 34.6 Å². The maximum atomic E-state index is 11.9. The van der Waals surface area contributed by atoms with Gasteiger partial charge in [0.05, 0.1) is 11.9 Å². The first-order valence-electron chi connectivity index (χ1n) is 9.17. The number of anilines is 2. The Labute approximate surface area is 158 Å². The third-order valence-electron chi connectivity index (χ3n) is 4.73. The first-order valence-corrected chi connectivity index (χ1v) is 9.17. The number of aliphatic imine (C=N–C) groups is 1. The number of aliphatic carboxylic acids is 1. The summed E-state index contributed by atoms with van der Waals surface area (Å²) in [6, 6.07) is 3.81. The third-order valence-corrected chi connectivity index (χ3v) is 4.73. The SMILES string of the molecule is CC(C)N=C1CCN(c2ccc(N3CCCC3=O)cn2)C/C1=C(/N)C(=O)O. The Bertz CT molecular complexity index is 798. The maximum Gasteiger partial charge on any atom is 0.352 e. The molecule has 1 amide bonds. The number of hydrogen-bond donors (Lipinski definition) is 2. The molecule has 27 heavy (non-hydrogen) atoms. The Kier molecular flexibility index (Phi) is 5.43. The van der Waals surface area contributed by atoms with Crippen LogP contribution in [-0.2, 0) is 9.59 Å². The van der Waals surface area contributed by atoms with Crippen LogP contribution in [0.3, 0.4) is 0 Å². The minimum atomic E-state index is -1.14. The summed E-state index contributed by atoms with van der Waals surface area (Å²) >= 11 is 0. The van der Waals surface area contributed by atoms with Gasteiger partial charge in [0.15, 0.2) is 0 Å². The molecule has 8 nitrogen and oxygen atoms in total. The van der Waals surface area contributed by atoms with Gasteiger partial charge in [0.2, 0.25) is 5.91 Å². The van der Waals surface area contributed by atoms with E-state index in [0.29, 0.717) is 31.5 Å². The molecule has 1 aromatic rings. The van der Waals surface area contributed by atoms with Crippen molar-refractivity contribution < 1.29 is 14.7 Å². The van der Waals surface area contributed by atoms with E-state index in [2.05, 4.69) is 9.98 Å². The second-order valence-corrected chi connectivity index (χ2v) is 7.06. The second-order valence-electron chi connectivity index (χ2n) is 7.06. The molecule has 2 saturated heterocycles. The summed E-state index contributed by atoms with van der Waals surface area (Å²) in [6.07, 6.45) is 3.75. The van der Waals surface area contributed by atoms with E-state index in [-0.39, 0.29) is 17.6 Å². The molecule has 0 atom stereocenters. The summed E-state index contributed by atoms with van der Waals surface area (Å²) in [7, 11) is 0. The van der Waals surface area contributed by atoms with E-state index in [1.165, 1.54) is 0 Å². The van der Waals surface area contributed by atoms with Crippen molar-refractivity contribution in [2.45, 2.75) is 39.2 Å². The van der Waals surface area contributed by atoms with Gasteiger partial charge in [-0.15, -0.1) is 0 Å². The van der Waals surface area contributed by atoms with Gasteiger partial charge in [-0.05, 0) is 32.4 Å². The van der Waals surface area contributed by atoms with Crippen LogP contribution in [0.1, 0.15) is 33.1 Å². The summed E-state index contributed by atoms with van der Waals surface area (Å²) in [5.41, 5.74) is 7.75. The third kappa shape index (κ3) is 4.10. The zero-order valence-electron chi connectivity index (χ0n) is 15.7. The van der Waals surface area contributed by atoms with Gasteiger partial charge in [0, 0.05) is 49.8 Å². The summed E-state index contributed by atoms with van der Waals surface area (Å²) in [4.78, 5) is 36.0. The molecule has 0 aliphatic carbocycles. The highest BCUT2D eigenvalue weighted by Crippen LogP contribution is 2.25. The number of nitrogens with two attached hydrogens (primary N) is 1. The van der Waals surface area contributed by atoms with Crippen molar-refractivity contribution >= 4 is 29.1 Å². The number of aromatic nitrogens is 1.